The van der Waals surface area contributed by atoms with E-state index in [1.165, 1.54) is 42.6 Å². The molecule has 1 unspecified atom stereocenters. The smallest absolute Gasteiger partial charge is 0.0558 e. The van der Waals surface area contributed by atoms with Crippen molar-refractivity contribution in [2.24, 2.45) is 0 Å². The highest BCUT2D eigenvalue weighted by molar-refractivity contribution is 5.56. The average Bonchev–Trinajstić information content (AvgIpc) is 2.88. The topological polar surface area (TPSA) is 26.7 Å². The molecule has 1 saturated heterocycles. The highest BCUT2D eigenvalue weighted by atomic mass is 16.3. The molecule has 1 aromatic carbocycles. The Morgan fingerprint density at radius 1 is 1.32 bits per heavy atom. The molecule has 0 amide bonds. The third-order valence-corrected chi connectivity index (χ3v) is 4.61. The van der Waals surface area contributed by atoms with Gasteiger partial charge in [-0.05, 0) is 48.9 Å². The van der Waals surface area contributed by atoms with Crippen LogP contribution in [0.3, 0.4) is 0 Å². The van der Waals surface area contributed by atoms with Gasteiger partial charge < -0.3 is 14.9 Å². The molecule has 0 aromatic heterocycles. The van der Waals surface area contributed by atoms with E-state index in [4.69, 9.17) is 5.11 Å². The molecule has 2 heterocycles. The maximum Gasteiger partial charge on any atom is 0.0558 e. The third-order valence-electron chi connectivity index (χ3n) is 4.61. The number of hydrogen-bond acceptors (Lipinski definition) is 3. The minimum atomic E-state index is 0.279. The maximum absolute atomic E-state index is 9.02. The largest absolute Gasteiger partial charge is 0.395 e. The summed E-state index contributed by atoms with van der Waals surface area (Å²) in [6.45, 7) is 4.52. The van der Waals surface area contributed by atoms with Crippen molar-refractivity contribution in [1.29, 1.82) is 0 Å². The predicted octanol–water partition coefficient (Wildman–Crippen LogP) is 1.85. The van der Waals surface area contributed by atoms with E-state index < -0.39 is 0 Å². The fraction of sp³-hybridized carbons (Fsp3) is 0.625. The average molecular weight is 260 g/mol. The summed E-state index contributed by atoms with van der Waals surface area (Å²) in [7, 11) is 2.19. The van der Waals surface area contributed by atoms with E-state index in [0.29, 0.717) is 5.92 Å². The Balaban J connectivity index is 1.76. The lowest BCUT2D eigenvalue weighted by Crippen LogP contribution is -2.25. The summed E-state index contributed by atoms with van der Waals surface area (Å²) in [5.41, 5.74) is 4.43. The van der Waals surface area contributed by atoms with Gasteiger partial charge in [-0.15, -0.1) is 0 Å². The van der Waals surface area contributed by atoms with Gasteiger partial charge in [-0.3, -0.25) is 0 Å². The Labute approximate surface area is 115 Å². The molecule has 1 atom stereocenters. The molecule has 1 fully saturated rings. The van der Waals surface area contributed by atoms with Gasteiger partial charge in [0.2, 0.25) is 0 Å². The molecule has 19 heavy (non-hydrogen) atoms. The van der Waals surface area contributed by atoms with Gasteiger partial charge in [-0.25, -0.2) is 0 Å². The van der Waals surface area contributed by atoms with Crippen LogP contribution in [-0.2, 0) is 6.42 Å². The summed E-state index contributed by atoms with van der Waals surface area (Å²) >= 11 is 0. The Bertz CT molecular complexity index is 446. The zero-order valence-electron chi connectivity index (χ0n) is 11.8. The predicted molar refractivity (Wildman–Crippen MR) is 78.9 cm³/mol. The van der Waals surface area contributed by atoms with Crippen molar-refractivity contribution in [3.63, 3.8) is 0 Å². The van der Waals surface area contributed by atoms with E-state index >= 15 is 0 Å². The number of fused-ring (bicyclic) bond motifs is 1. The number of β-amino-alcohol motifs (C(OH)–C–C–N with tert-alkyl or cyclic N) is 1. The van der Waals surface area contributed by atoms with Gasteiger partial charge in [0, 0.05) is 32.4 Å². The van der Waals surface area contributed by atoms with Crippen LogP contribution in [0.4, 0.5) is 5.69 Å². The molecule has 1 aromatic rings. The normalized spacial score (nSPS) is 23.7. The zero-order valence-corrected chi connectivity index (χ0v) is 11.8. The zero-order chi connectivity index (χ0) is 13.2. The Morgan fingerprint density at radius 2 is 2.21 bits per heavy atom. The number of aryl methyl sites for hydroxylation is 1. The molecule has 2 aliphatic rings. The second kappa shape index (κ2) is 5.51. The van der Waals surface area contributed by atoms with E-state index in [0.717, 1.165) is 19.6 Å². The summed E-state index contributed by atoms with van der Waals surface area (Å²) in [5.74, 6) is 0.657. The lowest BCUT2D eigenvalue weighted by Gasteiger charge is -2.28. The van der Waals surface area contributed by atoms with Gasteiger partial charge in [-0.1, -0.05) is 12.1 Å². The van der Waals surface area contributed by atoms with Gasteiger partial charge in [0.25, 0.3) is 0 Å². The van der Waals surface area contributed by atoms with Crippen molar-refractivity contribution in [3.8, 4) is 0 Å². The molecule has 0 spiro atoms. The van der Waals surface area contributed by atoms with Crippen LogP contribution in [0.2, 0.25) is 0 Å². The number of rotatable bonds is 3. The fourth-order valence-corrected chi connectivity index (χ4v) is 3.51. The molecule has 3 heteroatoms. The second-order valence-corrected chi connectivity index (χ2v) is 5.92. The van der Waals surface area contributed by atoms with Gasteiger partial charge >= 0.3 is 0 Å². The first-order valence-corrected chi connectivity index (χ1v) is 7.45. The molecular weight excluding hydrogens is 236 g/mol. The van der Waals surface area contributed by atoms with Gasteiger partial charge in [0.05, 0.1) is 6.61 Å². The van der Waals surface area contributed by atoms with Gasteiger partial charge in [-0.2, -0.15) is 0 Å². The third kappa shape index (κ3) is 2.63. The van der Waals surface area contributed by atoms with Crippen LogP contribution in [0.15, 0.2) is 18.2 Å². The Morgan fingerprint density at radius 3 is 3.05 bits per heavy atom. The standard InChI is InChI=1S/C16H24N2O/c1-17-7-2-3-14-11-13(4-5-16(14)17)15-6-8-18(12-15)9-10-19/h4-5,11,15,19H,2-3,6-10,12H2,1H3. The van der Waals surface area contributed by atoms with Crippen molar-refractivity contribution in [1.82, 2.24) is 4.90 Å². The van der Waals surface area contributed by atoms with Crippen molar-refractivity contribution >= 4 is 5.69 Å². The van der Waals surface area contributed by atoms with Crippen LogP contribution >= 0.6 is 0 Å². The summed E-state index contributed by atoms with van der Waals surface area (Å²) in [6, 6.07) is 7.05. The van der Waals surface area contributed by atoms with Crippen LogP contribution in [0.1, 0.15) is 29.9 Å². The number of aliphatic hydroxyl groups is 1. The van der Waals surface area contributed by atoms with Gasteiger partial charge in [0.15, 0.2) is 0 Å². The van der Waals surface area contributed by atoms with Gasteiger partial charge in [0.1, 0.15) is 0 Å². The number of likely N-dealkylation sites (tertiary alicyclic amines) is 1. The van der Waals surface area contributed by atoms with Crippen molar-refractivity contribution < 1.29 is 5.11 Å². The molecule has 0 aliphatic carbocycles. The monoisotopic (exact) mass is 260 g/mol. The molecule has 0 radical (unpaired) electrons. The molecule has 104 valence electrons. The van der Waals surface area contributed by atoms with Crippen LogP contribution in [0, 0.1) is 0 Å². The SMILES string of the molecule is CN1CCCc2cc(C3CCN(CCO)C3)ccc21. The highest BCUT2D eigenvalue weighted by Crippen LogP contribution is 2.32. The lowest BCUT2D eigenvalue weighted by atomic mass is 9.93. The van der Waals surface area contributed by atoms with E-state index in [-0.39, 0.29) is 6.61 Å². The fourth-order valence-electron chi connectivity index (χ4n) is 3.51. The molecule has 0 bridgehead atoms. The van der Waals surface area contributed by atoms with Crippen LogP contribution < -0.4 is 4.90 Å². The molecular formula is C16H24N2O. The van der Waals surface area contributed by atoms with E-state index in [9.17, 15) is 0 Å². The number of hydrogen-bond donors (Lipinski definition) is 1. The lowest BCUT2D eigenvalue weighted by molar-refractivity contribution is 0.220. The van der Waals surface area contributed by atoms with Crippen LogP contribution in [0.5, 0.6) is 0 Å². The molecule has 3 nitrogen and oxygen atoms in total. The summed E-state index contributed by atoms with van der Waals surface area (Å²) in [4.78, 5) is 4.74. The van der Waals surface area contributed by atoms with Crippen molar-refractivity contribution in [2.45, 2.75) is 25.2 Å². The van der Waals surface area contributed by atoms with E-state index in [2.05, 4.69) is 35.0 Å². The maximum atomic E-state index is 9.02. The minimum Gasteiger partial charge on any atom is -0.395 e. The van der Waals surface area contributed by atoms with E-state index in [1.54, 1.807) is 0 Å². The molecule has 0 saturated carbocycles. The summed E-state index contributed by atoms with van der Waals surface area (Å²) in [6.07, 6.45) is 3.73. The first-order chi connectivity index (χ1) is 9.28. The summed E-state index contributed by atoms with van der Waals surface area (Å²) in [5, 5.41) is 9.02. The van der Waals surface area contributed by atoms with Crippen molar-refractivity contribution in [2.75, 3.05) is 44.7 Å². The second-order valence-electron chi connectivity index (χ2n) is 5.92. The molecule has 3 rings (SSSR count). The minimum absolute atomic E-state index is 0.279. The van der Waals surface area contributed by atoms with Crippen LogP contribution in [0.25, 0.3) is 0 Å². The number of nitrogens with zero attached hydrogens (tertiary/aromatic N) is 2. The van der Waals surface area contributed by atoms with E-state index in [1.807, 2.05) is 0 Å². The Kier molecular flexibility index (Phi) is 3.76. The summed E-state index contributed by atoms with van der Waals surface area (Å²) < 4.78 is 0. The molecule has 2 aliphatic heterocycles. The first-order valence-electron chi connectivity index (χ1n) is 7.45. The Hall–Kier alpha value is -1.06. The number of aliphatic hydroxyl groups excluding tert-OH is 1. The van der Waals surface area contributed by atoms with Crippen LogP contribution in [-0.4, -0.2) is 49.8 Å². The number of benzene rings is 1. The molecule has 1 N–H and O–H groups in total. The quantitative estimate of drug-likeness (QED) is 0.898. The number of anilines is 1. The first kappa shape index (κ1) is 12.9. The van der Waals surface area contributed by atoms with Crippen molar-refractivity contribution in [3.05, 3.63) is 29.3 Å². The highest BCUT2D eigenvalue weighted by Gasteiger charge is 2.24.